The van der Waals surface area contributed by atoms with Gasteiger partial charge in [0.25, 0.3) is 5.91 Å². The Bertz CT molecular complexity index is 1320. The lowest BCUT2D eigenvalue weighted by Crippen LogP contribution is -2.30. The number of esters is 1. The number of rotatable bonds is 5. The molecule has 0 spiro atoms. The molecule has 3 aromatic heterocycles. The lowest BCUT2D eigenvalue weighted by Gasteiger charge is -2.15. The summed E-state index contributed by atoms with van der Waals surface area (Å²) in [6.45, 7) is 1.46. The summed E-state index contributed by atoms with van der Waals surface area (Å²) in [6, 6.07) is 13.9. The highest BCUT2D eigenvalue weighted by molar-refractivity contribution is 6.36. The Morgan fingerprint density at radius 1 is 1.06 bits per heavy atom. The minimum atomic E-state index is -1.11. The molecule has 0 fully saturated rings. The van der Waals surface area contributed by atoms with Gasteiger partial charge in [0.1, 0.15) is 0 Å². The number of hydrogen-bond donors (Lipinski definition) is 1. The first-order chi connectivity index (χ1) is 15.4. The molecule has 0 bridgehead atoms. The van der Waals surface area contributed by atoms with Gasteiger partial charge in [0.15, 0.2) is 11.9 Å². The number of hydrogen-bond acceptors (Lipinski definition) is 6. The van der Waals surface area contributed by atoms with Gasteiger partial charge >= 0.3 is 5.97 Å². The minimum Gasteiger partial charge on any atom is -0.449 e. The summed E-state index contributed by atoms with van der Waals surface area (Å²) in [7, 11) is 0. The third-order valence-corrected chi connectivity index (χ3v) is 5.09. The normalized spacial score (nSPS) is 11.7. The number of benzene rings is 1. The second-order valence-electron chi connectivity index (χ2n) is 6.83. The molecule has 1 atom stereocenters. The Labute approximate surface area is 193 Å². The molecule has 0 saturated heterocycles. The maximum absolute atomic E-state index is 13.0. The Balaban J connectivity index is 1.59. The molecule has 1 unspecified atom stereocenters. The molecule has 0 radical (unpaired) electrons. The second kappa shape index (κ2) is 9.30. The summed E-state index contributed by atoms with van der Waals surface area (Å²) >= 11 is 11.9. The molecular formula is C23H16Cl2N4O3. The van der Waals surface area contributed by atoms with Crippen LogP contribution in [-0.4, -0.2) is 32.9 Å². The number of carbonyl (C=O) groups is 2. The highest BCUT2D eigenvalue weighted by atomic mass is 35.5. The molecule has 32 heavy (non-hydrogen) atoms. The van der Waals surface area contributed by atoms with Crippen molar-refractivity contribution in [3.8, 4) is 11.3 Å². The van der Waals surface area contributed by atoms with Crippen LogP contribution in [0.1, 0.15) is 17.3 Å². The number of para-hydroxylation sites is 1. The van der Waals surface area contributed by atoms with Gasteiger partial charge in [-0.1, -0.05) is 41.4 Å². The molecule has 9 heteroatoms. The number of halogens is 2. The van der Waals surface area contributed by atoms with Gasteiger partial charge in [0, 0.05) is 29.5 Å². The highest BCUT2D eigenvalue weighted by Crippen LogP contribution is 2.26. The van der Waals surface area contributed by atoms with Crippen molar-refractivity contribution in [1.29, 1.82) is 0 Å². The fourth-order valence-electron chi connectivity index (χ4n) is 3.01. The van der Waals surface area contributed by atoms with Crippen molar-refractivity contribution in [2.75, 3.05) is 5.32 Å². The molecule has 7 nitrogen and oxygen atoms in total. The smallest absolute Gasteiger partial charge is 0.339 e. The monoisotopic (exact) mass is 466 g/mol. The quantitative estimate of drug-likeness (QED) is 0.407. The van der Waals surface area contributed by atoms with Crippen LogP contribution in [0.15, 0.2) is 67.1 Å². The van der Waals surface area contributed by atoms with E-state index in [1.54, 1.807) is 42.7 Å². The van der Waals surface area contributed by atoms with Gasteiger partial charge in [0.2, 0.25) is 0 Å². The van der Waals surface area contributed by atoms with E-state index in [2.05, 4.69) is 20.3 Å². The van der Waals surface area contributed by atoms with Crippen molar-refractivity contribution in [3.63, 3.8) is 0 Å². The van der Waals surface area contributed by atoms with Crippen LogP contribution >= 0.6 is 23.2 Å². The predicted molar refractivity (Wildman–Crippen MR) is 123 cm³/mol. The van der Waals surface area contributed by atoms with Crippen molar-refractivity contribution in [2.45, 2.75) is 13.0 Å². The molecule has 160 valence electrons. The number of nitrogens with one attached hydrogen (secondary N) is 1. The molecule has 0 aliphatic rings. The number of carbonyl (C=O) groups excluding carboxylic acids is 2. The fraction of sp³-hybridized carbons (Fsp3) is 0.0870. The topological polar surface area (TPSA) is 94.1 Å². The number of pyridine rings is 3. The van der Waals surface area contributed by atoms with Crippen molar-refractivity contribution >= 4 is 51.8 Å². The Hall–Kier alpha value is -3.55. The lowest BCUT2D eigenvalue weighted by atomic mass is 10.0. The van der Waals surface area contributed by atoms with E-state index < -0.39 is 18.0 Å². The van der Waals surface area contributed by atoms with E-state index in [0.717, 1.165) is 5.56 Å². The van der Waals surface area contributed by atoms with Crippen LogP contribution in [0.3, 0.4) is 0 Å². The molecule has 0 aliphatic carbocycles. The zero-order chi connectivity index (χ0) is 22.7. The van der Waals surface area contributed by atoms with Gasteiger partial charge in [-0.2, -0.15) is 0 Å². The Morgan fingerprint density at radius 2 is 1.88 bits per heavy atom. The van der Waals surface area contributed by atoms with Gasteiger partial charge in [-0.25, -0.2) is 14.8 Å². The van der Waals surface area contributed by atoms with Crippen molar-refractivity contribution in [3.05, 3.63) is 82.7 Å². The summed E-state index contributed by atoms with van der Waals surface area (Å²) in [5.41, 5.74) is 2.23. The van der Waals surface area contributed by atoms with Crippen LogP contribution < -0.4 is 5.32 Å². The van der Waals surface area contributed by atoms with E-state index in [1.807, 2.05) is 12.1 Å². The molecule has 3 heterocycles. The van der Waals surface area contributed by atoms with Crippen LogP contribution in [-0.2, 0) is 9.53 Å². The van der Waals surface area contributed by atoms with Crippen LogP contribution in [0.5, 0.6) is 0 Å². The van der Waals surface area contributed by atoms with Crippen LogP contribution in [0.4, 0.5) is 5.82 Å². The maximum Gasteiger partial charge on any atom is 0.339 e. The van der Waals surface area contributed by atoms with Gasteiger partial charge < -0.3 is 10.1 Å². The Morgan fingerprint density at radius 3 is 2.62 bits per heavy atom. The summed E-state index contributed by atoms with van der Waals surface area (Å²) in [5.74, 6) is -1.12. The number of fused-ring (bicyclic) bond motifs is 1. The molecular weight excluding hydrogens is 451 g/mol. The fourth-order valence-corrected chi connectivity index (χ4v) is 3.44. The van der Waals surface area contributed by atoms with E-state index in [-0.39, 0.29) is 16.4 Å². The van der Waals surface area contributed by atoms with E-state index in [9.17, 15) is 9.59 Å². The van der Waals surface area contributed by atoms with Crippen molar-refractivity contribution in [2.24, 2.45) is 0 Å². The zero-order valence-electron chi connectivity index (χ0n) is 16.8. The number of anilines is 1. The molecule has 1 N–H and O–H groups in total. The average Bonchev–Trinajstić information content (AvgIpc) is 2.80. The third kappa shape index (κ3) is 4.69. The van der Waals surface area contributed by atoms with Gasteiger partial charge in [0.05, 0.1) is 26.8 Å². The predicted octanol–water partition coefficient (Wildman–Crippen LogP) is 5.18. The standard InChI is InChI=1S/C23H16Cl2N4O3/c1-13(22(30)29-21-18(25)9-15(24)12-27-21)32-23(31)17-10-20(14-5-4-8-26-11-14)28-19-7-3-2-6-16(17)19/h2-13H,1H3,(H,27,29,30). The molecule has 4 aromatic rings. The molecule has 1 amide bonds. The van der Waals surface area contributed by atoms with E-state index in [0.29, 0.717) is 21.6 Å². The molecule has 0 saturated carbocycles. The number of aromatic nitrogens is 3. The largest absolute Gasteiger partial charge is 0.449 e. The Kier molecular flexibility index (Phi) is 6.30. The summed E-state index contributed by atoms with van der Waals surface area (Å²) in [5, 5.41) is 3.65. The summed E-state index contributed by atoms with van der Waals surface area (Å²) < 4.78 is 5.44. The number of nitrogens with zero attached hydrogens (tertiary/aromatic N) is 3. The lowest BCUT2D eigenvalue weighted by molar-refractivity contribution is -0.123. The van der Waals surface area contributed by atoms with Crippen molar-refractivity contribution in [1.82, 2.24) is 15.0 Å². The molecule has 0 aliphatic heterocycles. The first kappa shape index (κ1) is 21.7. The van der Waals surface area contributed by atoms with Crippen molar-refractivity contribution < 1.29 is 14.3 Å². The summed E-state index contributed by atoms with van der Waals surface area (Å²) in [4.78, 5) is 38.2. The van der Waals surface area contributed by atoms with Crippen LogP contribution in [0.25, 0.3) is 22.2 Å². The average molecular weight is 467 g/mol. The van der Waals surface area contributed by atoms with Gasteiger partial charge in [-0.3, -0.25) is 9.78 Å². The zero-order valence-corrected chi connectivity index (χ0v) is 18.3. The summed E-state index contributed by atoms with van der Waals surface area (Å²) in [6.07, 6.45) is 3.56. The third-order valence-electron chi connectivity index (χ3n) is 4.60. The van der Waals surface area contributed by atoms with E-state index >= 15 is 0 Å². The highest BCUT2D eigenvalue weighted by Gasteiger charge is 2.22. The number of ether oxygens (including phenoxy) is 1. The minimum absolute atomic E-state index is 0.122. The van der Waals surface area contributed by atoms with Gasteiger partial charge in [-0.05, 0) is 37.3 Å². The SMILES string of the molecule is CC(OC(=O)c1cc(-c2cccnc2)nc2ccccc12)C(=O)Nc1ncc(Cl)cc1Cl. The number of amides is 1. The second-order valence-corrected chi connectivity index (χ2v) is 7.68. The van der Waals surface area contributed by atoms with E-state index in [4.69, 9.17) is 27.9 Å². The van der Waals surface area contributed by atoms with Crippen LogP contribution in [0, 0.1) is 0 Å². The first-order valence-electron chi connectivity index (χ1n) is 9.55. The van der Waals surface area contributed by atoms with E-state index in [1.165, 1.54) is 19.2 Å². The maximum atomic E-state index is 13.0. The van der Waals surface area contributed by atoms with Crippen LogP contribution in [0.2, 0.25) is 10.0 Å². The first-order valence-corrected chi connectivity index (χ1v) is 10.3. The molecule has 1 aromatic carbocycles. The van der Waals surface area contributed by atoms with Gasteiger partial charge in [-0.15, -0.1) is 0 Å². The molecule has 4 rings (SSSR count).